The number of rotatable bonds is 12. The summed E-state index contributed by atoms with van der Waals surface area (Å²) < 4.78 is 26.4. The van der Waals surface area contributed by atoms with Gasteiger partial charge < -0.3 is 48.1 Å². The van der Waals surface area contributed by atoms with Gasteiger partial charge in [0.25, 0.3) is 5.91 Å². The number of anilines is 1. The van der Waals surface area contributed by atoms with Crippen LogP contribution < -0.4 is 48.1 Å². The van der Waals surface area contributed by atoms with E-state index in [1.807, 2.05) is 30.3 Å². The molecule has 1 amide bonds. The van der Waals surface area contributed by atoms with E-state index in [0.717, 1.165) is 34.4 Å². The molecule has 1 aromatic heterocycles. The Morgan fingerprint density at radius 3 is 2.25 bits per heavy atom. The van der Waals surface area contributed by atoms with E-state index < -0.39 is 0 Å². The first kappa shape index (κ1) is 29.2. The summed E-state index contributed by atoms with van der Waals surface area (Å²) in [6.07, 6.45) is 4.19. The van der Waals surface area contributed by atoms with Crippen molar-refractivity contribution in [3.8, 4) is 44.6 Å². The summed E-state index contributed by atoms with van der Waals surface area (Å²) in [4.78, 5) is 13.7. The number of halogens is 1. The maximum Gasteiger partial charge on any atom is 0.282 e. The van der Waals surface area contributed by atoms with Gasteiger partial charge in [-0.3, -0.25) is 4.79 Å². The summed E-state index contributed by atoms with van der Waals surface area (Å²) in [6, 6.07) is 9.04. The number of hydrogen-bond acceptors (Lipinski definition) is 8. The quantitative estimate of drug-likeness (QED) is 0.281. The van der Waals surface area contributed by atoms with E-state index in [4.69, 9.17) is 24.7 Å². The molecule has 1 atom stereocenters. The van der Waals surface area contributed by atoms with E-state index in [0.29, 0.717) is 41.7 Å². The van der Waals surface area contributed by atoms with Gasteiger partial charge in [0.15, 0.2) is 17.5 Å². The molecule has 2 aromatic carbocycles. The fourth-order valence-electron chi connectivity index (χ4n) is 3.74. The van der Waals surface area contributed by atoms with Crippen molar-refractivity contribution < 1.29 is 41.9 Å². The first-order chi connectivity index (χ1) is 17.0. The van der Waals surface area contributed by atoms with E-state index in [1.165, 1.54) is 11.5 Å². The minimum Gasteiger partial charge on any atom is -1.00 e. The predicted molar refractivity (Wildman–Crippen MR) is 137 cm³/mol. The van der Waals surface area contributed by atoms with Gasteiger partial charge in [-0.1, -0.05) is 6.07 Å². The summed E-state index contributed by atoms with van der Waals surface area (Å²) in [5.41, 5.74) is 12.8. The number of amides is 1. The number of ether oxygens (including phenoxy) is 4. The first-order valence-electron chi connectivity index (χ1n) is 11.2. The predicted octanol–water partition coefficient (Wildman–Crippen LogP) is 0.194. The molecule has 0 aliphatic carbocycles. The second-order valence-corrected chi connectivity index (χ2v) is 8.67. The monoisotopic (exact) mass is 536 g/mol. The van der Waals surface area contributed by atoms with Crippen LogP contribution in [0.5, 0.6) is 23.0 Å². The Kier molecular flexibility index (Phi) is 11.3. The molecule has 1 heterocycles. The lowest BCUT2D eigenvalue weighted by molar-refractivity contribution is -0.404. The van der Waals surface area contributed by atoms with Crippen molar-refractivity contribution in [1.29, 1.82) is 0 Å². The number of carbonyl (C=O) groups is 1. The number of methoxy groups -OCH3 is 4. The normalized spacial score (nSPS) is 11.3. The fourth-order valence-corrected chi connectivity index (χ4v) is 4.50. The molecule has 0 radical (unpaired) electrons. The number of nitrogens with zero attached hydrogens (tertiary/aromatic N) is 1. The summed E-state index contributed by atoms with van der Waals surface area (Å²) in [5, 5.41) is 2.97. The Morgan fingerprint density at radius 2 is 1.67 bits per heavy atom. The zero-order valence-electron chi connectivity index (χ0n) is 20.9. The standard InChI is InChI=1S/C25H32N4O5S.ClH/c1-31-20-9-8-15(11-19(20)29-25(30)18(27)7-5-6-10-26)17-14-28-35-24(17)16-12-21(32-2)23(34-4)22(13-16)33-3;/h8-9,11-14,18H,5-7,10,26-27H2,1-4H3,(H,29,30);1H/t18-;/m0./s1. The first-order valence-corrected chi connectivity index (χ1v) is 12.0. The molecule has 0 unspecified atom stereocenters. The zero-order valence-corrected chi connectivity index (χ0v) is 22.5. The third kappa shape index (κ3) is 6.58. The van der Waals surface area contributed by atoms with Gasteiger partial charge in [-0.25, -0.2) is 0 Å². The number of aromatic nitrogens is 1. The molecule has 0 saturated heterocycles. The molecule has 3 rings (SSSR count). The van der Waals surface area contributed by atoms with Crippen molar-refractivity contribution in [2.45, 2.75) is 25.3 Å². The van der Waals surface area contributed by atoms with E-state index in [1.54, 1.807) is 34.6 Å². The van der Waals surface area contributed by atoms with Gasteiger partial charge in [0.1, 0.15) is 5.75 Å². The molecule has 3 aromatic rings. The topological polar surface area (TPSA) is 133 Å². The molecule has 36 heavy (non-hydrogen) atoms. The molecule has 0 spiro atoms. The van der Waals surface area contributed by atoms with Crippen molar-refractivity contribution in [2.75, 3.05) is 40.3 Å². The summed E-state index contributed by atoms with van der Waals surface area (Å²) in [5.74, 6) is 2.04. The third-order valence-electron chi connectivity index (χ3n) is 5.64. The number of nitrogens with one attached hydrogen (secondary N) is 1. The lowest BCUT2D eigenvalue weighted by Crippen LogP contribution is -3.00. The summed E-state index contributed by atoms with van der Waals surface area (Å²) >= 11 is 1.35. The molecule has 6 N–H and O–H groups in total. The van der Waals surface area contributed by atoms with Crippen LogP contribution in [0, 0.1) is 0 Å². The Labute approximate surface area is 221 Å². The number of nitrogens with two attached hydrogens (primary N) is 1. The largest absolute Gasteiger partial charge is 1.00 e. The Balaban J connectivity index is 0.00000456. The molecule has 0 aliphatic heterocycles. The maximum absolute atomic E-state index is 12.8. The Morgan fingerprint density at radius 1 is 1.00 bits per heavy atom. The minimum atomic E-state index is -0.382. The number of hydrogen-bond donors (Lipinski definition) is 3. The van der Waals surface area contributed by atoms with Crippen molar-refractivity contribution in [3.63, 3.8) is 0 Å². The number of unbranched alkanes of at least 4 members (excludes halogenated alkanes) is 1. The molecular formula is C25H33ClN4O5S. The average molecular weight is 537 g/mol. The van der Waals surface area contributed by atoms with Gasteiger partial charge in [0.05, 0.1) is 39.0 Å². The molecule has 0 bridgehead atoms. The SMILES string of the molecule is COc1ccc(-c2cnsc2-c2cc(OC)c(OC)c(OC)c2)cc1NC(=O)[C@@H]([NH3+])CCCCN.[Cl-]. The second kappa shape index (κ2) is 13.9. The lowest BCUT2D eigenvalue weighted by atomic mass is 10.0. The summed E-state index contributed by atoms with van der Waals surface area (Å²) in [7, 11) is 6.30. The van der Waals surface area contributed by atoms with Crippen LogP contribution in [0.15, 0.2) is 36.5 Å². The van der Waals surface area contributed by atoms with Crippen LogP contribution in [-0.4, -0.2) is 51.3 Å². The van der Waals surface area contributed by atoms with E-state index in [9.17, 15) is 4.79 Å². The third-order valence-corrected chi connectivity index (χ3v) is 6.49. The van der Waals surface area contributed by atoms with Crippen LogP contribution in [0.1, 0.15) is 19.3 Å². The van der Waals surface area contributed by atoms with Gasteiger partial charge >= 0.3 is 0 Å². The molecule has 9 nitrogen and oxygen atoms in total. The molecule has 0 saturated carbocycles. The van der Waals surface area contributed by atoms with E-state index in [-0.39, 0.29) is 24.4 Å². The van der Waals surface area contributed by atoms with Crippen molar-refractivity contribution in [3.05, 3.63) is 36.5 Å². The molecule has 196 valence electrons. The van der Waals surface area contributed by atoms with Gasteiger partial charge in [-0.05, 0) is 60.7 Å². The highest BCUT2D eigenvalue weighted by Gasteiger charge is 2.21. The highest BCUT2D eigenvalue weighted by atomic mass is 35.5. The second-order valence-electron chi connectivity index (χ2n) is 7.87. The molecular weight excluding hydrogens is 504 g/mol. The van der Waals surface area contributed by atoms with Gasteiger partial charge in [-0.15, -0.1) is 0 Å². The number of carbonyl (C=O) groups excluding carboxylic acids is 1. The number of benzene rings is 2. The highest BCUT2D eigenvalue weighted by molar-refractivity contribution is 7.10. The van der Waals surface area contributed by atoms with Crippen LogP contribution in [-0.2, 0) is 4.79 Å². The highest BCUT2D eigenvalue weighted by Crippen LogP contribution is 2.45. The smallest absolute Gasteiger partial charge is 0.282 e. The fraction of sp³-hybridized carbons (Fsp3) is 0.360. The zero-order chi connectivity index (χ0) is 25.4. The van der Waals surface area contributed by atoms with Crippen molar-refractivity contribution >= 4 is 23.1 Å². The van der Waals surface area contributed by atoms with Gasteiger partial charge in [-0.2, -0.15) is 4.37 Å². The van der Waals surface area contributed by atoms with Crippen LogP contribution in [0.3, 0.4) is 0 Å². The molecule has 0 fully saturated rings. The van der Waals surface area contributed by atoms with Crippen LogP contribution in [0.25, 0.3) is 21.6 Å². The van der Waals surface area contributed by atoms with E-state index in [2.05, 4.69) is 15.4 Å². The summed E-state index contributed by atoms with van der Waals surface area (Å²) in [6.45, 7) is 0.604. The molecule has 11 heteroatoms. The van der Waals surface area contributed by atoms with Gasteiger partial charge in [0.2, 0.25) is 5.75 Å². The average Bonchev–Trinajstić information content (AvgIpc) is 3.37. The van der Waals surface area contributed by atoms with Crippen molar-refractivity contribution in [2.24, 2.45) is 5.73 Å². The Hall–Kier alpha value is -3.05. The minimum absolute atomic E-state index is 0. The van der Waals surface area contributed by atoms with Crippen LogP contribution in [0.4, 0.5) is 5.69 Å². The molecule has 0 aliphatic rings. The van der Waals surface area contributed by atoms with Crippen LogP contribution >= 0.6 is 11.5 Å². The van der Waals surface area contributed by atoms with Crippen LogP contribution in [0.2, 0.25) is 0 Å². The van der Waals surface area contributed by atoms with E-state index >= 15 is 0 Å². The number of quaternary nitrogens is 1. The lowest BCUT2D eigenvalue weighted by Gasteiger charge is -2.15. The van der Waals surface area contributed by atoms with Gasteiger partial charge in [0, 0.05) is 23.7 Å². The van der Waals surface area contributed by atoms with Crippen molar-refractivity contribution in [1.82, 2.24) is 4.37 Å². The Bertz CT molecular complexity index is 1130. The maximum atomic E-state index is 12.8.